The second-order valence-electron chi connectivity index (χ2n) is 9.69. The number of fused-ring (bicyclic) bond motifs is 1. The van der Waals surface area contributed by atoms with Crippen molar-refractivity contribution in [3.63, 3.8) is 0 Å². The molecule has 0 unspecified atom stereocenters. The number of hydrogen-bond acceptors (Lipinski definition) is 4. The highest BCUT2D eigenvalue weighted by Crippen LogP contribution is 2.38. The third-order valence-electron chi connectivity index (χ3n) is 7.09. The molecule has 2 aliphatic rings. The lowest BCUT2D eigenvalue weighted by molar-refractivity contribution is -0.130. The van der Waals surface area contributed by atoms with Gasteiger partial charge in [0.15, 0.2) is 6.61 Å². The summed E-state index contributed by atoms with van der Waals surface area (Å²) in [6, 6.07) is 13.5. The van der Waals surface area contributed by atoms with Crippen LogP contribution >= 0.6 is 0 Å². The number of anilines is 1. The van der Waals surface area contributed by atoms with Crippen LogP contribution in [0.4, 0.5) is 5.69 Å². The van der Waals surface area contributed by atoms with Crippen LogP contribution in [0.3, 0.4) is 0 Å². The second kappa shape index (κ2) is 9.49. The fraction of sp³-hybridized carbons (Fsp3) is 0.444. The summed E-state index contributed by atoms with van der Waals surface area (Å²) in [5, 5.41) is 0. The molecule has 4 rings (SSSR count). The lowest BCUT2D eigenvalue weighted by Gasteiger charge is -2.34. The number of rotatable bonds is 5. The Morgan fingerprint density at radius 1 is 1.00 bits per heavy atom. The van der Waals surface area contributed by atoms with Crippen LogP contribution in [0.25, 0.3) is 0 Å². The van der Waals surface area contributed by atoms with Gasteiger partial charge >= 0.3 is 0 Å². The molecule has 2 heterocycles. The zero-order valence-electron chi connectivity index (χ0n) is 20.5. The van der Waals surface area contributed by atoms with Gasteiger partial charge in [0.2, 0.25) is 5.91 Å². The predicted molar refractivity (Wildman–Crippen MR) is 131 cm³/mol. The van der Waals surface area contributed by atoms with Gasteiger partial charge in [-0.25, -0.2) is 0 Å². The van der Waals surface area contributed by atoms with Crippen molar-refractivity contribution in [3.8, 4) is 5.75 Å². The van der Waals surface area contributed by atoms with Crippen LogP contribution in [0.2, 0.25) is 0 Å². The van der Waals surface area contributed by atoms with Crippen LogP contribution in [-0.4, -0.2) is 60.3 Å². The highest BCUT2D eigenvalue weighted by molar-refractivity contribution is 5.98. The Labute approximate surface area is 201 Å². The van der Waals surface area contributed by atoms with E-state index in [2.05, 4.69) is 32.9 Å². The van der Waals surface area contributed by atoms with Gasteiger partial charge in [0.1, 0.15) is 5.75 Å². The maximum atomic E-state index is 13.1. The van der Waals surface area contributed by atoms with Gasteiger partial charge < -0.3 is 19.4 Å². The molecule has 0 spiro atoms. The molecule has 34 heavy (non-hydrogen) atoms. The summed E-state index contributed by atoms with van der Waals surface area (Å²) in [5.74, 6) is 0.586. The van der Waals surface area contributed by atoms with Gasteiger partial charge in [0.05, 0.1) is 12.2 Å². The summed E-state index contributed by atoms with van der Waals surface area (Å²) in [6.07, 6.45) is 0.978. The number of carbonyl (C=O) groups excluding carboxylic acids is 3. The summed E-state index contributed by atoms with van der Waals surface area (Å²) in [4.78, 5) is 42.8. The van der Waals surface area contributed by atoms with Gasteiger partial charge in [-0.05, 0) is 47.2 Å². The molecule has 0 aliphatic carbocycles. The fourth-order valence-electron chi connectivity index (χ4n) is 4.39. The molecule has 0 N–H and O–H groups in total. The first-order valence-electron chi connectivity index (χ1n) is 11.9. The van der Waals surface area contributed by atoms with E-state index in [1.54, 1.807) is 27.7 Å². The normalized spacial score (nSPS) is 16.2. The van der Waals surface area contributed by atoms with Gasteiger partial charge in [-0.2, -0.15) is 0 Å². The molecule has 2 aromatic rings. The first kappa shape index (κ1) is 23.8. The quantitative estimate of drug-likeness (QED) is 0.679. The van der Waals surface area contributed by atoms with Crippen LogP contribution in [0.1, 0.15) is 55.6 Å². The minimum Gasteiger partial charge on any atom is -0.482 e. The topological polar surface area (TPSA) is 70.2 Å². The SMILES string of the molecule is CCC(C)(C)c1ccc2c(c1)N(Cc1cccc(C(=O)N3CCN(C(C)=O)CC3)c1)C(=O)CO2. The Bertz CT molecular complexity index is 1100. The number of piperazine rings is 1. The zero-order chi connectivity index (χ0) is 24.5. The molecular weight excluding hydrogens is 430 g/mol. The molecule has 0 aromatic heterocycles. The number of benzene rings is 2. The molecule has 0 atom stereocenters. The Kier molecular flexibility index (Phi) is 6.64. The van der Waals surface area contributed by atoms with E-state index in [9.17, 15) is 14.4 Å². The van der Waals surface area contributed by atoms with Crippen molar-refractivity contribution < 1.29 is 19.1 Å². The fourth-order valence-corrected chi connectivity index (χ4v) is 4.39. The number of carbonyl (C=O) groups is 3. The van der Waals surface area contributed by atoms with Gasteiger partial charge in [0.25, 0.3) is 11.8 Å². The molecule has 7 heteroatoms. The Balaban J connectivity index is 1.54. The monoisotopic (exact) mass is 463 g/mol. The van der Waals surface area contributed by atoms with E-state index in [4.69, 9.17) is 4.74 Å². The maximum absolute atomic E-state index is 13.1. The van der Waals surface area contributed by atoms with E-state index in [0.717, 1.165) is 23.2 Å². The highest BCUT2D eigenvalue weighted by atomic mass is 16.5. The molecule has 1 saturated heterocycles. The van der Waals surface area contributed by atoms with E-state index in [0.29, 0.717) is 44.0 Å². The molecule has 3 amide bonds. The summed E-state index contributed by atoms with van der Waals surface area (Å²) in [6.45, 7) is 10.6. The number of hydrogen-bond donors (Lipinski definition) is 0. The Morgan fingerprint density at radius 2 is 1.71 bits per heavy atom. The lowest BCUT2D eigenvalue weighted by atomic mass is 9.82. The van der Waals surface area contributed by atoms with Gasteiger partial charge in [-0.15, -0.1) is 0 Å². The summed E-state index contributed by atoms with van der Waals surface area (Å²) >= 11 is 0. The van der Waals surface area contributed by atoms with Crippen molar-refractivity contribution in [1.82, 2.24) is 9.80 Å². The second-order valence-corrected chi connectivity index (χ2v) is 9.69. The van der Waals surface area contributed by atoms with E-state index >= 15 is 0 Å². The average molecular weight is 464 g/mol. The largest absolute Gasteiger partial charge is 0.482 e. The standard InChI is InChI=1S/C27H33N3O4/c1-5-27(3,4)22-9-10-24-23(16-22)30(25(32)18-34-24)17-20-7-6-8-21(15-20)26(33)29-13-11-28(12-14-29)19(2)31/h6-10,15-16H,5,11-14,17-18H2,1-4H3. The van der Waals surface area contributed by atoms with Crippen LogP contribution < -0.4 is 9.64 Å². The van der Waals surface area contributed by atoms with E-state index < -0.39 is 0 Å². The molecule has 0 radical (unpaired) electrons. The van der Waals surface area contributed by atoms with Crippen molar-refractivity contribution in [2.75, 3.05) is 37.7 Å². The summed E-state index contributed by atoms with van der Waals surface area (Å²) in [5.41, 5.74) is 3.39. The maximum Gasteiger partial charge on any atom is 0.265 e. The van der Waals surface area contributed by atoms with E-state index in [-0.39, 0.29) is 29.7 Å². The predicted octanol–water partition coefficient (Wildman–Crippen LogP) is 3.60. The van der Waals surface area contributed by atoms with E-state index in [1.165, 1.54) is 0 Å². The third kappa shape index (κ3) is 4.79. The minimum absolute atomic E-state index is 0.00254. The summed E-state index contributed by atoms with van der Waals surface area (Å²) in [7, 11) is 0. The molecule has 0 bridgehead atoms. The van der Waals surface area contributed by atoms with Gasteiger partial charge in [0, 0.05) is 38.7 Å². The third-order valence-corrected chi connectivity index (χ3v) is 7.09. The zero-order valence-corrected chi connectivity index (χ0v) is 20.5. The van der Waals surface area contributed by atoms with Crippen molar-refractivity contribution in [2.45, 2.75) is 46.1 Å². The molecule has 2 aliphatic heterocycles. The smallest absolute Gasteiger partial charge is 0.265 e. The first-order chi connectivity index (χ1) is 16.2. The number of nitrogens with zero attached hydrogens (tertiary/aromatic N) is 3. The molecule has 7 nitrogen and oxygen atoms in total. The molecule has 180 valence electrons. The average Bonchev–Trinajstić information content (AvgIpc) is 2.85. The first-order valence-corrected chi connectivity index (χ1v) is 11.9. The lowest BCUT2D eigenvalue weighted by Crippen LogP contribution is -2.50. The molecule has 2 aromatic carbocycles. The highest BCUT2D eigenvalue weighted by Gasteiger charge is 2.29. The van der Waals surface area contributed by atoms with Crippen molar-refractivity contribution in [1.29, 1.82) is 0 Å². The van der Waals surface area contributed by atoms with Gasteiger partial charge in [-0.1, -0.05) is 39.0 Å². The van der Waals surface area contributed by atoms with Gasteiger partial charge in [-0.3, -0.25) is 14.4 Å². The van der Waals surface area contributed by atoms with Crippen molar-refractivity contribution in [3.05, 3.63) is 59.2 Å². The van der Waals surface area contributed by atoms with Crippen molar-refractivity contribution in [2.24, 2.45) is 0 Å². The summed E-state index contributed by atoms with van der Waals surface area (Å²) < 4.78 is 5.69. The minimum atomic E-state index is -0.101. The van der Waals surface area contributed by atoms with Crippen LogP contribution in [0, 0.1) is 0 Å². The number of amides is 3. The molecule has 0 saturated carbocycles. The van der Waals surface area contributed by atoms with Crippen LogP contribution in [0.15, 0.2) is 42.5 Å². The molecular formula is C27H33N3O4. The van der Waals surface area contributed by atoms with Crippen LogP contribution in [0.5, 0.6) is 5.75 Å². The Hall–Kier alpha value is -3.35. The van der Waals surface area contributed by atoms with E-state index in [1.807, 2.05) is 24.3 Å². The number of ether oxygens (including phenoxy) is 1. The molecule has 1 fully saturated rings. The van der Waals surface area contributed by atoms with Crippen molar-refractivity contribution >= 4 is 23.4 Å². The Morgan fingerprint density at radius 3 is 2.38 bits per heavy atom. The van der Waals surface area contributed by atoms with Crippen LogP contribution in [-0.2, 0) is 21.5 Å².